The van der Waals surface area contributed by atoms with Crippen LogP contribution in [0.15, 0.2) is 18.2 Å². The lowest BCUT2D eigenvalue weighted by Gasteiger charge is -2.36. The first-order chi connectivity index (χ1) is 8.13. The number of hydrogen-bond acceptors (Lipinski definition) is 4. The number of hydrogen-bond donors (Lipinski definition) is 3. The molecule has 94 valence electrons. The predicted octanol–water partition coefficient (Wildman–Crippen LogP) is 1.99. The van der Waals surface area contributed by atoms with E-state index < -0.39 is 5.60 Å². The van der Waals surface area contributed by atoms with Gasteiger partial charge < -0.3 is 20.9 Å². The van der Waals surface area contributed by atoms with E-state index >= 15 is 0 Å². The molecular weight excluding hydrogens is 216 g/mol. The van der Waals surface area contributed by atoms with Crippen LogP contribution in [-0.2, 0) is 0 Å². The molecule has 4 nitrogen and oxygen atoms in total. The van der Waals surface area contributed by atoms with Crippen molar-refractivity contribution in [1.29, 1.82) is 0 Å². The van der Waals surface area contributed by atoms with Gasteiger partial charge in [0.2, 0.25) is 0 Å². The van der Waals surface area contributed by atoms with Crippen LogP contribution in [0, 0.1) is 0 Å². The Kier molecular flexibility index (Phi) is 3.43. The van der Waals surface area contributed by atoms with Gasteiger partial charge >= 0.3 is 0 Å². The topological polar surface area (TPSA) is 67.5 Å². The van der Waals surface area contributed by atoms with Crippen molar-refractivity contribution in [3.05, 3.63) is 18.2 Å². The highest BCUT2D eigenvalue weighted by atomic mass is 16.5. The summed E-state index contributed by atoms with van der Waals surface area (Å²) in [6.45, 7) is 3.11. The number of aliphatic hydroxyl groups is 1. The summed E-state index contributed by atoms with van der Waals surface area (Å²) in [6.07, 6.45) is 2.88. The summed E-state index contributed by atoms with van der Waals surface area (Å²) < 4.78 is 5.42. The maximum Gasteiger partial charge on any atom is 0.144 e. The molecule has 0 spiro atoms. The Balaban J connectivity index is 1.98. The molecule has 0 bridgehead atoms. The van der Waals surface area contributed by atoms with Gasteiger partial charge in [-0.05, 0) is 38.3 Å². The van der Waals surface area contributed by atoms with Gasteiger partial charge in [-0.3, -0.25) is 0 Å². The number of ether oxygens (including phenoxy) is 1. The summed E-state index contributed by atoms with van der Waals surface area (Å²) in [7, 11) is 0. The molecule has 1 aromatic carbocycles. The fourth-order valence-corrected chi connectivity index (χ4v) is 1.95. The first-order valence-corrected chi connectivity index (χ1v) is 6.11. The second-order valence-electron chi connectivity index (χ2n) is 4.62. The third-order valence-corrected chi connectivity index (χ3v) is 3.22. The van der Waals surface area contributed by atoms with E-state index in [1.165, 1.54) is 0 Å². The summed E-state index contributed by atoms with van der Waals surface area (Å²) in [5.74, 6) is 0.693. The minimum atomic E-state index is -0.521. The molecule has 0 amide bonds. The van der Waals surface area contributed by atoms with E-state index in [0.29, 0.717) is 24.6 Å². The molecule has 1 saturated carbocycles. The Labute approximate surface area is 102 Å². The minimum absolute atomic E-state index is 0.521. The van der Waals surface area contributed by atoms with Gasteiger partial charge in [-0.1, -0.05) is 0 Å². The quantitative estimate of drug-likeness (QED) is 0.684. The Morgan fingerprint density at radius 1 is 1.47 bits per heavy atom. The molecule has 0 radical (unpaired) electrons. The fourth-order valence-electron chi connectivity index (χ4n) is 1.95. The SMILES string of the molecule is CCOc1cc(NCC2(O)CCC2)ccc1N. The van der Waals surface area contributed by atoms with E-state index in [0.717, 1.165) is 24.9 Å². The van der Waals surface area contributed by atoms with E-state index in [4.69, 9.17) is 10.5 Å². The molecule has 1 fully saturated rings. The molecule has 17 heavy (non-hydrogen) atoms. The monoisotopic (exact) mass is 236 g/mol. The molecule has 4 N–H and O–H groups in total. The van der Waals surface area contributed by atoms with Gasteiger partial charge in [0.25, 0.3) is 0 Å². The second-order valence-corrected chi connectivity index (χ2v) is 4.62. The molecule has 0 heterocycles. The van der Waals surface area contributed by atoms with Crippen LogP contribution in [0.2, 0.25) is 0 Å². The highest BCUT2D eigenvalue weighted by Crippen LogP contribution is 2.32. The summed E-state index contributed by atoms with van der Waals surface area (Å²) in [4.78, 5) is 0. The molecule has 0 aromatic heterocycles. The van der Waals surface area contributed by atoms with Crippen LogP contribution in [0.5, 0.6) is 5.75 Å². The predicted molar refractivity (Wildman–Crippen MR) is 69.3 cm³/mol. The largest absolute Gasteiger partial charge is 0.492 e. The Morgan fingerprint density at radius 2 is 2.24 bits per heavy atom. The summed E-state index contributed by atoms with van der Waals surface area (Å²) >= 11 is 0. The molecule has 2 rings (SSSR count). The number of benzene rings is 1. The standard InChI is InChI=1S/C13H20N2O2/c1-2-17-12-8-10(4-5-11(12)14)15-9-13(16)6-3-7-13/h4-5,8,15-16H,2-3,6-7,9,14H2,1H3. The van der Waals surface area contributed by atoms with E-state index in [1.807, 2.05) is 25.1 Å². The van der Waals surface area contributed by atoms with Gasteiger partial charge in [0.1, 0.15) is 5.75 Å². The Morgan fingerprint density at radius 3 is 2.82 bits per heavy atom. The van der Waals surface area contributed by atoms with Gasteiger partial charge in [-0.15, -0.1) is 0 Å². The van der Waals surface area contributed by atoms with Crippen molar-refractivity contribution < 1.29 is 9.84 Å². The smallest absolute Gasteiger partial charge is 0.144 e. The average Bonchev–Trinajstić information content (AvgIpc) is 2.28. The molecule has 0 unspecified atom stereocenters. The Hall–Kier alpha value is -1.42. The zero-order valence-electron chi connectivity index (χ0n) is 10.2. The Bertz CT molecular complexity index is 389. The second kappa shape index (κ2) is 4.84. The highest BCUT2D eigenvalue weighted by molar-refractivity contribution is 5.61. The molecule has 1 aromatic rings. The van der Waals surface area contributed by atoms with Crippen LogP contribution < -0.4 is 15.8 Å². The van der Waals surface area contributed by atoms with Gasteiger partial charge in [0.15, 0.2) is 0 Å². The lowest BCUT2D eigenvalue weighted by Crippen LogP contribution is -2.43. The molecular formula is C13H20N2O2. The van der Waals surface area contributed by atoms with Gasteiger partial charge in [0.05, 0.1) is 17.9 Å². The van der Waals surface area contributed by atoms with E-state index in [9.17, 15) is 5.11 Å². The normalized spacial score (nSPS) is 17.3. The number of nitrogen functional groups attached to an aromatic ring is 1. The van der Waals surface area contributed by atoms with Crippen LogP contribution in [0.1, 0.15) is 26.2 Å². The summed E-state index contributed by atoms with van der Waals surface area (Å²) in [6, 6.07) is 5.60. The molecule has 1 aliphatic carbocycles. The lowest BCUT2D eigenvalue weighted by molar-refractivity contribution is -0.0202. The number of nitrogens with one attached hydrogen (secondary N) is 1. The molecule has 0 aliphatic heterocycles. The average molecular weight is 236 g/mol. The zero-order valence-corrected chi connectivity index (χ0v) is 10.2. The third-order valence-electron chi connectivity index (χ3n) is 3.22. The first-order valence-electron chi connectivity index (χ1n) is 6.11. The van der Waals surface area contributed by atoms with Crippen molar-refractivity contribution in [1.82, 2.24) is 0 Å². The van der Waals surface area contributed by atoms with Crippen molar-refractivity contribution in [3.8, 4) is 5.75 Å². The van der Waals surface area contributed by atoms with Gasteiger partial charge in [-0.25, -0.2) is 0 Å². The van der Waals surface area contributed by atoms with Crippen molar-refractivity contribution in [2.45, 2.75) is 31.8 Å². The van der Waals surface area contributed by atoms with E-state index in [-0.39, 0.29) is 0 Å². The minimum Gasteiger partial charge on any atom is -0.492 e. The van der Waals surface area contributed by atoms with Gasteiger partial charge in [0, 0.05) is 18.3 Å². The first kappa shape index (κ1) is 12.0. The fraction of sp³-hybridized carbons (Fsp3) is 0.538. The van der Waals surface area contributed by atoms with Crippen LogP contribution in [0.4, 0.5) is 11.4 Å². The molecule has 1 aliphatic rings. The van der Waals surface area contributed by atoms with Crippen LogP contribution in [0.25, 0.3) is 0 Å². The number of rotatable bonds is 5. The maximum atomic E-state index is 9.98. The van der Waals surface area contributed by atoms with Crippen molar-refractivity contribution in [3.63, 3.8) is 0 Å². The lowest BCUT2D eigenvalue weighted by atomic mass is 9.80. The van der Waals surface area contributed by atoms with E-state index in [1.54, 1.807) is 0 Å². The van der Waals surface area contributed by atoms with Crippen molar-refractivity contribution >= 4 is 11.4 Å². The number of anilines is 2. The summed E-state index contributed by atoms with van der Waals surface area (Å²) in [5, 5.41) is 13.2. The highest BCUT2D eigenvalue weighted by Gasteiger charge is 2.33. The van der Waals surface area contributed by atoms with E-state index in [2.05, 4.69) is 5.32 Å². The molecule has 4 heteroatoms. The summed E-state index contributed by atoms with van der Waals surface area (Å²) in [5.41, 5.74) is 6.84. The maximum absolute atomic E-state index is 9.98. The third kappa shape index (κ3) is 2.82. The molecule has 0 saturated heterocycles. The van der Waals surface area contributed by atoms with Crippen molar-refractivity contribution in [2.24, 2.45) is 0 Å². The van der Waals surface area contributed by atoms with Crippen LogP contribution in [0.3, 0.4) is 0 Å². The molecule has 0 atom stereocenters. The zero-order chi connectivity index (χ0) is 12.3. The van der Waals surface area contributed by atoms with Gasteiger partial charge in [-0.2, -0.15) is 0 Å². The van der Waals surface area contributed by atoms with Crippen LogP contribution in [-0.4, -0.2) is 23.9 Å². The van der Waals surface area contributed by atoms with Crippen molar-refractivity contribution in [2.75, 3.05) is 24.2 Å². The number of nitrogens with two attached hydrogens (primary N) is 1. The van der Waals surface area contributed by atoms with Crippen LogP contribution >= 0.6 is 0 Å².